The van der Waals surface area contributed by atoms with Crippen molar-refractivity contribution >= 4 is 11.0 Å². The average molecular weight is 257 g/mol. The molecule has 0 bridgehead atoms. The van der Waals surface area contributed by atoms with Crippen LogP contribution >= 0.6 is 0 Å². The van der Waals surface area contributed by atoms with Gasteiger partial charge in [-0.15, -0.1) is 5.10 Å². The zero-order chi connectivity index (χ0) is 13.4. The third-order valence-electron chi connectivity index (χ3n) is 2.90. The molecular formula is C13H11N3O3. The number of nitrogens with zero attached hydrogens (tertiary/aromatic N) is 3. The van der Waals surface area contributed by atoms with Crippen molar-refractivity contribution in [1.29, 1.82) is 0 Å². The van der Waals surface area contributed by atoms with E-state index in [9.17, 15) is 4.79 Å². The maximum atomic E-state index is 12.1. The highest BCUT2D eigenvalue weighted by Crippen LogP contribution is 2.23. The standard InChI is InChI=1S/C13H11N3O3/c1-16-10(7-14-15-16)13-6-11(17)9-5-8(18-2)3-4-12(9)19-13/h3-7H,1-2H3. The fraction of sp³-hybridized carbons (Fsp3) is 0.154. The van der Waals surface area contributed by atoms with Gasteiger partial charge in [0.25, 0.3) is 0 Å². The molecule has 0 spiro atoms. The van der Waals surface area contributed by atoms with Crippen LogP contribution in [-0.4, -0.2) is 22.1 Å². The van der Waals surface area contributed by atoms with Gasteiger partial charge in [-0.3, -0.25) is 4.79 Å². The third kappa shape index (κ3) is 1.87. The number of rotatable bonds is 2. The van der Waals surface area contributed by atoms with Crippen molar-refractivity contribution in [3.63, 3.8) is 0 Å². The van der Waals surface area contributed by atoms with Crippen molar-refractivity contribution in [3.05, 3.63) is 40.7 Å². The Bertz CT molecular complexity index is 804. The van der Waals surface area contributed by atoms with Crippen LogP contribution in [0.25, 0.3) is 22.4 Å². The molecule has 3 aromatic rings. The molecule has 0 fully saturated rings. The molecule has 0 saturated carbocycles. The zero-order valence-electron chi connectivity index (χ0n) is 10.5. The molecule has 0 amide bonds. The van der Waals surface area contributed by atoms with Gasteiger partial charge >= 0.3 is 0 Å². The summed E-state index contributed by atoms with van der Waals surface area (Å²) in [5.74, 6) is 1.06. The van der Waals surface area contributed by atoms with E-state index in [0.29, 0.717) is 28.2 Å². The van der Waals surface area contributed by atoms with Gasteiger partial charge in [-0.05, 0) is 18.2 Å². The van der Waals surface area contributed by atoms with Crippen molar-refractivity contribution in [2.24, 2.45) is 7.05 Å². The molecule has 0 unspecified atom stereocenters. The summed E-state index contributed by atoms with van der Waals surface area (Å²) in [5.41, 5.74) is 1.02. The minimum atomic E-state index is -0.128. The lowest BCUT2D eigenvalue weighted by atomic mass is 10.2. The SMILES string of the molecule is COc1ccc2oc(-c3cnnn3C)cc(=O)c2c1. The zero-order valence-corrected chi connectivity index (χ0v) is 10.5. The maximum absolute atomic E-state index is 12.1. The van der Waals surface area contributed by atoms with Crippen LogP contribution < -0.4 is 10.2 Å². The fourth-order valence-corrected chi connectivity index (χ4v) is 1.90. The number of aryl methyl sites for hydroxylation is 1. The van der Waals surface area contributed by atoms with Crippen LogP contribution in [-0.2, 0) is 7.05 Å². The Kier molecular flexibility index (Phi) is 2.56. The van der Waals surface area contributed by atoms with Crippen molar-refractivity contribution in [2.45, 2.75) is 0 Å². The van der Waals surface area contributed by atoms with Crippen molar-refractivity contribution in [1.82, 2.24) is 15.0 Å². The molecule has 0 radical (unpaired) electrons. The first-order valence-electron chi connectivity index (χ1n) is 5.66. The predicted octanol–water partition coefficient (Wildman–Crippen LogP) is 1.60. The molecule has 0 N–H and O–H groups in total. The van der Waals surface area contributed by atoms with E-state index in [1.54, 1.807) is 43.2 Å². The van der Waals surface area contributed by atoms with Gasteiger partial charge in [-0.25, -0.2) is 4.68 Å². The van der Waals surface area contributed by atoms with Crippen LogP contribution in [0.15, 0.2) is 39.7 Å². The summed E-state index contributed by atoms with van der Waals surface area (Å²) in [6, 6.07) is 6.55. The molecule has 96 valence electrons. The monoisotopic (exact) mass is 257 g/mol. The van der Waals surface area contributed by atoms with Crippen molar-refractivity contribution in [2.75, 3.05) is 7.11 Å². The summed E-state index contributed by atoms with van der Waals surface area (Å²) in [6.07, 6.45) is 1.55. The van der Waals surface area contributed by atoms with Crippen LogP contribution in [0.4, 0.5) is 0 Å². The summed E-state index contributed by atoms with van der Waals surface area (Å²) >= 11 is 0. The molecule has 19 heavy (non-hydrogen) atoms. The topological polar surface area (TPSA) is 70.2 Å². The Labute approximate surface area is 108 Å². The number of methoxy groups -OCH3 is 1. The van der Waals surface area contributed by atoms with Crippen LogP contribution in [0.2, 0.25) is 0 Å². The van der Waals surface area contributed by atoms with Gasteiger partial charge in [0.15, 0.2) is 11.2 Å². The second kappa shape index (κ2) is 4.24. The van der Waals surface area contributed by atoms with E-state index in [1.807, 2.05) is 0 Å². The highest BCUT2D eigenvalue weighted by atomic mass is 16.5. The molecule has 6 nitrogen and oxygen atoms in total. The molecule has 2 aromatic heterocycles. The van der Waals surface area contributed by atoms with E-state index in [-0.39, 0.29) is 5.43 Å². The van der Waals surface area contributed by atoms with E-state index in [0.717, 1.165) is 0 Å². The smallest absolute Gasteiger partial charge is 0.193 e. The highest BCUT2D eigenvalue weighted by Gasteiger charge is 2.11. The largest absolute Gasteiger partial charge is 0.497 e. The molecule has 2 heterocycles. The molecule has 0 aliphatic carbocycles. The normalized spacial score (nSPS) is 10.8. The lowest BCUT2D eigenvalue weighted by Crippen LogP contribution is -2.02. The minimum absolute atomic E-state index is 0.128. The van der Waals surface area contributed by atoms with Gasteiger partial charge in [0.05, 0.1) is 18.7 Å². The molecular weight excluding hydrogens is 246 g/mol. The van der Waals surface area contributed by atoms with Gasteiger partial charge < -0.3 is 9.15 Å². The number of benzene rings is 1. The van der Waals surface area contributed by atoms with E-state index in [2.05, 4.69) is 10.3 Å². The van der Waals surface area contributed by atoms with Crippen LogP contribution in [0.3, 0.4) is 0 Å². The summed E-state index contributed by atoms with van der Waals surface area (Å²) < 4.78 is 12.4. The molecule has 6 heteroatoms. The van der Waals surface area contributed by atoms with Crippen LogP contribution in [0.1, 0.15) is 0 Å². The van der Waals surface area contributed by atoms with Crippen LogP contribution in [0.5, 0.6) is 5.75 Å². The maximum Gasteiger partial charge on any atom is 0.193 e. The first kappa shape index (κ1) is 11.5. The number of fused-ring (bicyclic) bond motifs is 1. The lowest BCUT2D eigenvalue weighted by Gasteiger charge is -2.04. The molecule has 1 aromatic carbocycles. The number of aromatic nitrogens is 3. The Morgan fingerprint density at radius 1 is 1.32 bits per heavy atom. The van der Waals surface area contributed by atoms with Gasteiger partial charge in [0.1, 0.15) is 17.0 Å². The Balaban J connectivity index is 2.26. The first-order chi connectivity index (χ1) is 9.19. The van der Waals surface area contributed by atoms with Crippen LogP contribution in [0, 0.1) is 0 Å². The second-order valence-corrected chi connectivity index (χ2v) is 4.08. The van der Waals surface area contributed by atoms with Gasteiger partial charge in [0, 0.05) is 13.1 Å². The van der Waals surface area contributed by atoms with Gasteiger partial charge in [-0.2, -0.15) is 0 Å². The fourth-order valence-electron chi connectivity index (χ4n) is 1.90. The quantitative estimate of drug-likeness (QED) is 0.697. The third-order valence-corrected chi connectivity index (χ3v) is 2.90. The minimum Gasteiger partial charge on any atom is -0.497 e. The van der Waals surface area contributed by atoms with Crippen molar-refractivity contribution < 1.29 is 9.15 Å². The molecule has 0 aliphatic rings. The molecule has 3 rings (SSSR count). The summed E-state index contributed by atoms with van der Waals surface area (Å²) in [7, 11) is 3.29. The first-order valence-corrected chi connectivity index (χ1v) is 5.66. The van der Waals surface area contributed by atoms with E-state index < -0.39 is 0 Å². The average Bonchev–Trinajstić information content (AvgIpc) is 2.84. The Morgan fingerprint density at radius 2 is 2.16 bits per heavy atom. The summed E-state index contributed by atoms with van der Waals surface area (Å²) in [5, 5.41) is 8.07. The Morgan fingerprint density at radius 3 is 2.84 bits per heavy atom. The second-order valence-electron chi connectivity index (χ2n) is 4.08. The molecule has 0 saturated heterocycles. The molecule has 0 atom stereocenters. The number of hydrogen-bond donors (Lipinski definition) is 0. The van der Waals surface area contributed by atoms with Gasteiger partial charge in [-0.1, -0.05) is 5.21 Å². The van der Waals surface area contributed by atoms with E-state index in [4.69, 9.17) is 9.15 Å². The van der Waals surface area contributed by atoms with Crippen molar-refractivity contribution in [3.8, 4) is 17.2 Å². The summed E-state index contributed by atoms with van der Waals surface area (Å²) in [4.78, 5) is 12.1. The predicted molar refractivity (Wildman–Crippen MR) is 69.0 cm³/mol. The summed E-state index contributed by atoms with van der Waals surface area (Å²) in [6.45, 7) is 0. The van der Waals surface area contributed by atoms with E-state index >= 15 is 0 Å². The number of ether oxygens (including phenoxy) is 1. The lowest BCUT2D eigenvalue weighted by molar-refractivity contribution is 0.415. The van der Waals surface area contributed by atoms with E-state index in [1.165, 1.54) is 6.07 Å². The van der Waals surface area contributed by atoms with Gasteiger partial charge in [0.2, 0.25) is 0 Å². The highest BCUT2D eigenvalue weighted by molar-refractivity contribution is 5.79. The Hall–Kier alpha value is -2.63. The number of hydrogen-bond acceptors (Lipinski definition) is 5. The molecule has 0 aliphatic heterocycles.